The van der Waals surface area contributed by atoms with E-state index in [1.807, 2.05) is 19.9 Å². The predicted molar refractivity (Wildman–Crippen MR) is 109 cm³/mol. The van der Waals surface area contributed by atoms with Crippen molar-refractivity contribution in [1.29, 1.82) is 0 Å². The van der Waals surface area contributed by atoms with Crippen molar-refractivity contribution >= 4 is 29.4 Å². The standard InChI is InChI=1S/C21H18N4O4/c1-14-11-15(2)23-21(22-14)24-17-6-4-8-19(13-17)29-20(26)10-9-16-5-3-7-18(12-16)25(27)28/h3-13H,1-2H3,(H,22,23,24)/b10-9+. The van der Waals surface area contributed by atoms with Crippen molar-refractivity contribution < 1.29 is 14.5 Å². The Morgan fingerprint density at radius 1 is 1.07 bits per heavy atom. The molecule has 1 N–H and O–H groups in total. The van der Waals surface area contributed by atoms with Gasteiger partial charge in [0.1, 0.15) is 5.75 Å². The van der Waals surface area contributed by atoms with Gasteiger partial charge in [0.2, 0.25) is 5.95 Å². The van der Waals surface area contributed by atoms with Crippen molar-refractivity contribution in [2.45, 2.75) is 13.8 Å². The van der Waals surface area contributed by atoms with Crippen LogP contribution in [0.1, 0.15) is 17.0 Å². The Balaban J connectivity index is 1.67. The van der Waals surface area contributed by atoms with Crippen LogP contribution >= 0.6 is 0 Å². The number of rotatable bonds is 6. The molecule has 2 aromatic carbocycles. The summed E-state index contributed by atoms with van der Waals surface area (Å²) in [6.07, 6.45) is 2.67. The Morgan fingerprint density at radius 3 is 2.52 bits per heavy atom. The van der Waals surface area contributed by atoms with Crippen LogP contribution in [0, 0.1) is 24.0 Å². The molecule has 8 nitrogen and oxygen atoms in total. The maximum Gasteiger partial charge on any atom is 0.336 e. The fourth-order valence-electron chi connectivity index (χ4n) is 2.60. The maximum absolute atomic E-state index is 12.1. The van der Waals surface area contributed by atoms with Crippen LogP contribution in [-0.2, 0) is 4.79 Å². The van der Waals surface area contributed by atoms with Crippen LogP contribution in [0.4, 0.5) is 17.3 Å². The van der Waals surface area contributed by atoms with Gasteiger partial charge in [-0.25, -0.2) is 14.8 Å². The van der Waals surface area contributed by atoms with Crippen molar-refractivity contribution in [3.63, 3.8) is 0 Å². The van der Waals surface area contributed by atoms with E-state index in [1.165, 1.54) is 24.3 Å². The van der Waals surface area contributed by atoms with Crippen LogP contribution < -0.4 is 10.1 Å². The lowest BCUT2D eigenvalue weighted by Gasteiger charge is -2.08. The second-order valence-electron chi connectivity index (χ2n) is 6.23. The number of nitro benzene ring substituents is 1. The Hall–Kier alpha value is -4.07. The van der Waals surface area contributed by atoms with Gasteiger partial charge in [-0.2, -0.15) is 0 Å². The molecule has 146 valence electrons. The van der Waals surface area contributed by atoms with E-state index >= 15 is 0 Å². The van der Waals surface area contributed by atoms with E-state index in [2.05, 4.69) is 15.3 Å². The zero-order valence-corrected chi connectivity index (χ0v) is 15.8. The minimum absolute atomic E-state index is 0.0482. The molecule has 0 radical (unpaired) electrons. The molecular formula is C21H18N4O4. The molecule has 0 unspecified atom stereocenters. The summed E-state index contributed by atoms with van der Waals surface area (Å²) in [5.41, 5.74) is 2.83. The van der Waals surface area contributed by atoms with Crippen molar-refractivity contribution in [3.8, 4) is 5.75 Å². The van der Waals surface area contributed by atoms with Crippen LogP contribution in [-0.4, -0.2) is 20.9 Å². The van der Waals surface area contributed by atoms with Gasteiger partial charge in [0.15, 0.2) is 0 Å². The second-order valence-corrected chi connectivity index (χ2v) is 6.23. The SMILES string of the molecule is Cc1cc(C)nc(Nc2cccc(OC(=O)/C=C/c3cccc([N+](=O)[O-])c3)c2)n1. The van der Waals surface area contributed by atoms with Gasteiger partial charge < -0.3 is 10.1 Å². The van der Waals surface area contributed by atoms with Gasteiger partial charge in [0, 0.05) is 41.4 Å². The van der Waals surface area contributed by atoms with Gasteiger partial charge in [0.05, 0.1) is 4.92 Å². The highest BCUT2D eigenvalue weighted by Gasteiger charge is 2.06. The van der Waals surface area contributed by atoms with E-state index in [9.17, 15) is 14.9 Å². The molecule has 1 heterocycles. The average Bonchev–Trinajstić information content (AvgIpc) is 2.66. The summed E-state index contributed by atoms with van der Waals surface area (Å²) in [7, 11) is 0. The highest BCUT2D eigenvalue weighted by Crippen LogP contribution is 2.21. The number of nitro groups is 1. The fraction of sp³-hybridized carbons (Fsp3) is 0.0952. The largest absolute Gasteiger partial charge is 0.423 e. The summed E-state index contributed by atoms with van der Waals surface area (Å²) in [5, 5.41) is 13.9. The third-order valence-electron chi connectivity index (χ3n) is 3.78. The number of benzene rings is 2. The Bertz CT molecular complexity index is 1080. The van der Waals surface area contributed by atoms with Crippen molar-refractivity contribution in [2.75, 3.05) is 5.32 Å². The summed E-state index contributed by atoms with van der Waals surface area (Å²) in [5.74, 6) is 0.195. The number of esters is 1. The number of non-ortho nitro benzene ring substituents is 1. The molecule has 1 aromatic heterocycles. The van der Waals surface area contributed by atoms with Crippen LogP contribution in [0.25, 0.3) is 6.08 Å². The highest BCUT2D eigenvalue weighted by atomic mass is 16.6. The van der Waals surface area contributed by atoms with E-state index in [0.717, 1.165) is 11.4 Å². The topological polar surface area (TPSA) is 107 Å². The quantitative estimate of drug-likeness (QED) is 0.219. The van der Waals surface area contributed by atoms with E-state index in [4.69, 9.17) is 4.74 Å². The van der Waals surface area contributed by atoms with E-state index in [0.29, 0.717) is 22.9 Å². The van der Waals surface area contributed by atoms with E-state index in [1.54, 1.807) is 36.4 Å². The van der Waals surface area contributed by atoms with Gasteiger partial charge >= 0.3 is 5.97 Å². The number of hydrogen-bond acceptors (Lipinski definition) is 7. The number of hydrogen-bond donors (Lipinski definition) is 1. The maximum atomic E-state index is 12.1. The number of nitrogens with zero attached hydrogens (tertiary/aromatic N) is 3. The first kappa shape index (κ1) is 19.7. The lowest BCUT2D eigenvalue weighted by molar-refractivity contribution is -0.384. The molecule has 3 aromatic rings. The molecule has 0 aliphatic carbocycles. The predicted octanol–water partition coefficient (Wildman–Crippen LogP) is 4.36. The van der Waals surface area contributed by atoms with Crippen molar-refractivity contribution in [3.05, 3.63) is 87.7 Å². The summed E-state index contributed by atoms with van der Waals surface area (Å²) in [6.45, 7) is 3.76. The molecular weight excluding hydrogens is 372 g/mol. The molecule has 0 fully saturated rings. The number of aryl methyl sites for hydroxylation is 2. The highest BCUT2D eigenvalue weighted by molar-refractivity contribution is 5.89. The van der Waals surface area contributed by atoms with Gasteiger partial charge in [-0.1, -0.05) is 18.2 Å². The number of nitrogens with one attached hydrogen (secondary N) is 1. The smallest absolute Gasteiger partial charge is 0.336 e. The van der Waals surface area contributed by atoms with E-state index in [-0.39, 0.29) is 5.69 Å². The molecule has 0 saturated carbocycles. The van der Waals surface area contributed by atoms with Gasteiger partial charge in [0.25, 0.3) is 5.69 Å². The molecule has 0 atom stereocenters. The van der Waals surface area contributed by atoms with Crippen molar-refractivity contribution in [1.82, 2.24) is 9.97 Å². The van der Waals surface area contributed by atoms with Gasteiger partial charge in [-0.15, -0.1) is 0 Å². The van der Waals surface area contributed by atoms with Crippen molar-refractivity contribution in [2.24, 2.45) is 0 Å². The summed E-state index contributed by atoms with van der Waals surface area (Å²) in [6, 6.07) is 14.7. The minimum Gasteiger partial charge on any atom is -0.423 e. The second kappa shape index (κ2) is 8.75. The molecule has 8 heteroatoms. The molecule has 29 heavy (non-hydrogen) atoms. The zero-order chi connectivity index (χ0) is 20.8. The molecule has 0 aliphatic heterocycles. The number of anilines is 2. The number of aromatic nitrogens is 2. The first-order chi connectivity index (χ1) is 13.9. The van der Waals surface area contributed by atoms with Gasteiger partial charge in [-0.05, 0) is 43.7 Å². The number of ether oxygens (including phenoxy) is 1. The molecule has 3 rings (SSSR count). The van der Waals surface area contributed by atoms with Crippen LogP contribution in [0.15, 0.2) is 60.7 Å². The fourth-order valence-corrected chi connectivity index (χ4v) is 2.60. The van der Waals surface area contributed by atoms with Crippen LogP contribution in [0.3, 0.4) is 0 Å². The first-order valence-corrected chi connectivity index (χ1v) is 8.73. The third-order valence-corrected chi connectivity index (χ3v) is 3.78. The van der Waals surface area contributed by atoms with E-state index < -0.39 is 10.9 Å². The Labute approximate surface area is 167 Å². The van der Waals surface area contributed by atoms with Crippen LogP contribution in [0.2, 0.25) is 0 Å². The Kier molecular flexibility index (Phi) is 5.94. The molecule has 0 amide bonds. The Morgan fingerprint density at radius 2 is 1.79 bits per heavy atom. The zero-order valence-electron chi connectivity index (χ0n) is 15.8. The van der Waals surface area contributed by atoms with Gasteiger partial charge in [-0.3, -0.25) is 10.1 Å². The molecule has 0 saturated heterocycles. The number of carbonyl (C=O) groups is 1. The average molecular weight is 390 g/mol. The normalized spacial score (nSPS) is 10.7. The van der Waals surface area contributed by atoms with Crippen LogP contribution in [0.5, 0.6) is 5.75 Å². The molecule has 0 aliphatic rings. The molecule has 0 bridgehead atoms. The lowest BCUT2D eigenvalue weighted by atomic mass is 10.2. The lowest BCUT2D eigenvalue weighted by Crippen LogP contribution is -2.04. The summed E-state index contributed by atoms with van der Waals surface area (Å²) in [4.78, 5) is 31.0. The summed E-state index contributed by atoms with van der Waals surface area (Å²) >= 11 is 0. The summed E-state index contributed by atoms with van der Waals surface area (Å²) < 4.78 is 5.30. The monoisotopic (exact) mass is 390 g/mol. The first-order valence-electron chi connectivity index (χ1n) is 8.73. The molecule has 0 spiro atoms. The number of carbonyl (C=O) groups excluding carboxylic acids is 1. The minimum atomic E-state index is -0.601. The third kappa shape index (κ3) is 5.70.